The summed E-state index contributed by atoms with van der Waals surface area (Å²) in [5.74, 6) is -1.11. The number of hydrogen-bond acceptors (Lipinski definition) is 2. The van der Waals surface area contributed by atoms with E-state index in [2.05, 4.69) is 4.98 Å². The van der Waals surface area contributed by atoms with E-state index in [0.29, 0.717) is 6.42 Å². The van der Waals surface area contributed by atoms with Gasteiger partial charge in [0.2, 0.25) is 0 Å². The minimum absolute atomic E-state index is 0.343. The molecule has 1 heterocycles. The van der Waals surface area contributed by atoms with E-state index in [1.807, 2.05) is 19.1 Å². The van der Waals surface area contributed by atoms with Crippen LogP contribution in [0.5, 0.6) is 0 Å². The molecule has 1 rings (SSSR count). The average molecular weight is 179 g/mol. The zero-order valence-electron chi connectivity index (χ0n) is 7.82. The van der Waals surface area contributed by atoms with Crippen molar-refractivity contribution in [3.63, 3.8) is 0 Å². The van der Waals surface area contributed by atoms with Gasteiger partial charge in [-0.2, -0.15) is 0 Å². The van der Waals surface area contributed by atoms with Gasteiger partial charge in [0.15, 0.2) is 0 Å². The lowest BCUT2D eigenvalue weighted by molar-refractivity contribution is -0.141. The van der Waals surface area contributed by atoms with Crippen molar-refractivity contribution in [2.24, 2.45) is 5.92 Å². The number of aromatic nitrogens is 1. The van der Waals surface area contributed by atoms with Crippen molar-refractivity contribution in [3.8, 4) is 0 Å². The zero-order chi connectivity index (χ0) is 9.84. The predicted molar refractivity (Wildman–Crippen MR) is 49.5 cm³/mol. The number of aliphatic carboxylic acids is 1. The second-order valence-electron chi connectivity index (χ2n) is 3.25. The molecule has 1 aromatic rings. The number of aryl methyl sites for hydroxylation is 1. The highest BCUT2D eigenvalue weighted by molar-refractivity contribution is 5.69. The molecule has 0 radical (unpaired) electrons. The highest BCUT2D eigenvalue weighted by atomic mass is 16.4. The van der Waals surface area contributed by atoms with Crippen LogP contribution in [-0.4, -0.2) is 16.1 Å². The van der Waals surface area contributed by atoms with Crippen molar-refractivity contribution < 1.29 is 9.90 Å². The first-order chi connectivity index (χ1) is 6.09. The van der Waals surface area contributed by atoms with Crippen LogP contribution in [0.1, 0.15) is 18.2 Å². The molecule has 0 saturated carbocycles. The summed E-state index contributed by atoms with van der Waals surface area (Å²) in [5, 5.41) is 8.68. The third-order valence-electron chi connectivity index (χ3n) is 1.94. The largest absolute Gasteiger partial charge is 0.481 e. The zero-order valence-corrected chi connectivity index (χ0v) is 7.82. The van der Waals surface area contributed by atoms with Crippen LogP contribution in [0.4, 0.5) is 0 Å². The van der Waals surface area contributed by atoms with Crippen molar-refractivity contribution >= 4 is 5.97 Å². The van der Waals surface area contributed by atoms with Crippen LogP contribution >= 0.6 is 0 Å². The molecule has 0 fully saturated rings. The molecule has 3 heteroatoms. The third kappa shape index (κ3) is 2.86. The van der Waals surface area contributed by atoms with E-state index in [4.69, 9.17) is 5.11 Å². The fraction of sp³-hybridized carbons (Fsp3) is 0.400. The van der Waals surface area contributed by atoms with E-state index in [1.54, 1.807) is 13.1 Å². The third-order valence-corrected chi connectivity index (χ3v) is 1.94. The first-order valence-electron chi connectivity index (χ1n) is 4.24. The summed E-state index contributed by atoms with van der Waals surface area (Å²) < 4.78 is 0. The van der Waals surface area contributed by atoms with Gasteiger partial charge in [-0.05, 0) is 25.0 Å². The Kier molecular flexibility index (Phi) is 3.01. The van der Waals surface area contributed by atoms with Crippen LogP contribution in [0.25, 0.3) is 0 Å². The highest BCUT2D eigenvalue weighted by Gasteiger charge is 2.11. The molecule has 1 atom stereocenters. The van der Waals surface area contributed by atoms with Gasteiger partial charge in [0, 0.05) is 11.9 Å². The molecular weight excluding hydrogens is 166 g/mol. The quantitative estimate of drug-likeness (QED) is 0.767. The standard InChI is InChI=1S/C10H13NO2/c1-7(10(12)13)5-9-4-3-8(2)11-6-9/h3-4,6-7H,5H2,1-2H3,(H,12,13). The van der Waals surface area contributed by atoms with Crippen molar-refractivity contribution in [2.45, 2.75) is 20.3 Å². The molecule has 0 aliphatic carbocycles. The molecule has 0 amide bonds. The van der Waals surface area contributed by atoms with E-state index in [0.717, 1.165) is 11.3 Å². The van der Waals surface area contributed by atoms with Gasteiger partial charge in [0.25, 0.3) is 0 Å². The molecule has 1 unspecified atom stereocenters. The fourth-order valence-electron chi connectivity index (χ4n) is 1.06. The summed E-state index contributed by atoms with van der Waals surface area (Å²) in [6.45, 7) is 3.60. The number of nitrogens with zero attached hydrogens (tertiary/aromatic N) is 1. The minimum Gasteiger partial charge on any atom is -0.481 e. The number of carboxylic acid groups (broad SMARTS) is 1. The molecule has 0 aliphatic heterocycles. The summed E-state index contributed by atoms with van der Waals surface area (Å²) >= 11 is 0. The molecule has 0 aliphatic rings. The van der Waals surface area contributed by atoms with Crippen LogP contribution in [0, 0.1) is 12.8 Å². The SMILES string of the molecule is Cc1ccc(CC(C)C(=O)O)cn1. The molecule has 0 saturated heterocycles. The molecule has 13 heavy (non-hydrogen) atoms. The summed E-state index contributed by atoms with van der Waals surface area (Å²) in [4.78, 5) is 14.6. The van der Waals surface area contributed by atoms with E-state index in [9.17, 15) is 4.79 Å². The van der Waals surface area contributed by atoms with Crippen molar-refractivity contribution in [2.75, 3.05) is 0 Å². The second-order valence-corrected chi connectivity index (χ2v) is 3.25. The van der Waals surface area contributed by atoms with Crippen LogP contribution in [0.3, 0.4) is 0 Å². The summed E-state index contributed by atoms with van der Waals surface area (Å²) in [7, 11) is 0. The topological polar surface area (TPSA) is 50.2 Å². The molecule has 0 bridgehead atoms. The van der Waals surface area contributed by atoms with Gasteiger partial charge in [0.05, 0.1) is 5.92 Å². The Morgan fingerprint density at radius 2 is 2.31 bits per heavy atom. The van der Waals surface area contributed by atoms with Crippen molar-refractivity contribution in [3.05, 3.63) is 29.6 Å². The maximum atomic E-state index is 10.6. The van der Waals surface area contributed by atoms with E-state index in [-0.39, 0.29) is 5.92 Å². The Morgan fingerprint density at radius 1 is 1.62 bits per heavy atom. The summed E-state index contributed by atoms with van der Waals surface area (Å²) in [6, 6.07) is 3.81. The number of carbonyl (C=O) groups is 1. The average Bonchev–Trinajstić information content (AvgIpc) is 2.08. The van der Waals surface area contributed by atoms with Gasteiger partial charge in [-0.1, -0.05) is 13.0 Å². The van der Waals surface area contributed by atoms with E-state index >= 15 is 0 Å². The van der Waals surface area contributed by atoms with E-state index in [1.165, 1.54) is 0 Å². The van der Waals surface area contributed by atoms with Crippen LogP contribution in [0.15, 0.2) is 18.3 Å². The lowest BCUT2D eigenvalue weighted by Crippen LogP contribution is -2.12. The number of pyridine rings is 1. The first-order valence-corrected chi connectivity index (χ1v) is 4.24. The van der Waals surface area contributed by atoms with Crippen LogP contribution < -0.4 is 0 Å². The minimum atomic E-state index is -0.763. The number of hydrogen-bond donors (Lipinski definition) is 1. The van der Waals surface area contributed by atoms with Crippen molar-refractivity contribution in [1.82, 2.24) is 4.98 Å². The molecule has 0 aromatic carbocycles. The molecule has 1 aromatic heterocycles. The van der Waals surface area contributed by atoms with E-state index < -0.39 is 5.97 Å². The summed E-state index contributed by atoms with van der Waals surface area (Å²) in [5.41, 5.74) is 1.92. The maximum Gasteiger partial charge on any atom is 0.306 e. The van der Waals surface area contributed by atoms with Gasteiger partial charge in [-0.25, -0.2) is 0 Å². The highest BCUT2D eigenvalue weighted by Crippen LogP contribution is 2.07. The monoisotopic (exact) mass is 179 g/mol. The fourth-order valence-corrected chi connectivity index (χ4v) is 1.06. The summed E-state index contributed by atoms with van der Waals surface area (Å²) in [6.07, 6.45) is 2.28. The molecule has 0 spiro atoms. The normalized spacial score (nSPS) is 12.5. The maximum absolute atomic E-state index is 10.6. The van der Waals surface area contributed by atoms with Crippen LogP contribution in [0.2, 0.25) is 0 Å². The first kappa shape index (κ1) is 9.71. The van der Waals surface area contributed by atoms with Gasteiger partial charge in [-0.3, -0.25) is 9.78 Å². The Bertz CT molecular complexity index is 292. The van der Waals surface area contributed by atoms with Gasteiger partial charge in [-0.15, -0.1) is 0 Å². The van der Waals surface area contributed by atoms with Crippen molar-refractivity contribution in [1.29, 1.82) is 0 Å². The molecular formula is C10H13NO2. The van der Waals surface area contributed by atoms with Crippen LogP contribution in [-0.2, 0) is 11.2 Å². The van der Waals surface area contributed by atoms with Gasteiger partial charge in [0.1, 0.15) is 0 Å². The molecule has 1 N–H and O–H groups in total. The lowest BCUT2D eigenvalue weighted by atomic mass is 10.0. The Hall–Kier alpha value is -1.38. The lowest BCUT2D eigenvalue weighted by Gasteiger charge is -2.05. The Labute approximate surface area is 77.4 Å². The van der Waals surface area contributed by atoms with Gasteiger partial charge >= 0.3 is 5.97 Å². The number of rotatable bonds is 3. The molecule has 3 nitrogen and oxygen atoms in total. The Morgan fingerprint density at radius 3 is 2.77 bits per heavy atom. The number of carboxylic acids is 1. The van der Waals surface area contributed by atoms with Gasteiger partial charge < -0.3 is 5.11 Å². The molecule has 70 valence electrons. The predicted octanol–water partition coefficient (Wildman–Crippen LogP) is 1.65. The second kappa shape index (κ2) is 4.03. The smallest absolute Gasteiger partial charge is 0.306 e. The Balaban J connectivity index is 2.64.